The van der Waals surface area contributed by atoms with Gasteiger partial charge >= 0.3 is 0 Å². The van der Waals surface area contributed by atoms with Crippen molar-refractivity contribution >= 4 is 5.91 Å². The summed E-state index contributed by atoms with van der Waals surface area (Å²) in [4.78, 5) is 14.1. The molecule has 1 aromatic carbocycles. The summed E-state index contributed by atoms with van der Waals surface area (Å²) in [6, 6.07) is 4.41. The molecule has 0 radical (unpaired) electrons. The lowest BCUT2D eigenvalue weighted by Gasteiger charge is -2.28. The van der Waals surface area contributed by atoms with Crippen LogP contribution in [0.2, 0.25) is 0 Å². The Balaban J connectivity index is 2.62. The van der Waals surface area contributed by atoms with Gasteiger partial charge in [0.1, 0.15) is 5.82 Å². The topological polar surface area (TPSA) is 32.3 Å². The van der Waals surface area contributed by atoms with Gasteiger partial charge in [-0.3, -0.25) is 4.79 Å². The highest BCUT2D eigenvalue weighted by Crippen LogP contribution is 2.15. The summed E-state index contributed by atoms with van der Waals surface area (Å²) in [5, 5.41) is 2.90. The van der Waals surface area contributed by atoms with E-state index >= 15 is 0 Å². The van der Waals surface area contributed by atoms with Crippen molar-refractivity contribution in [1.29, 1.82) is 0 Å². The molecule has 0 bridgehead atoms. The molecule has 0 heterocycles. The maximum absolute atomic E-state index is 13.1. The first-order valence-electron chi connectivity index (χ1n) is 6.40. The van der Waals surface area contributed by atoms with Crippen LogP contribution >= 0.6 is 0 Å². The molecule has 0 spiro atoms. The lowest BCUT2D eigenvalue weighted by atomic mass is 9.93. The number of hydrogen-bond donors (Lipinski definition) is 1. The Bertz CT molecular complexity index is 455. The number of halogens is 1. The molecule has 1 N–H and O–H groups in total. The number of amides is 1. The first-order chi connectivity index (χ1) is 8.71. The number of carbonyl (C=O) groups is 1. The van der Waals surface area contributed by atoms with Crippen LogP contribution in [0.15, 0.2) is 18.2 Å². The molecule has 0 fully saturated rings. The molecule has 0 atom stereocenters. The minimum absolute atomic E-state index is 0.00572. The Kier molecular flexibility index (Phi) is 5.06. The zero-order valence-electron chi connectivity index (χ0n) is 12.4. The van der Waals surface area contributed by atoms with Gasteiger partial charge in [-0.2, -0.15) is 0 Å². The second-order valence-electron chi connectivity index (χ2n) is 6.05. The monoisotopic (exact) mass is 266 g/mol. The highest BCUT2D eigenvalue weighted by molar-refractivity contribution is 5.94. The summed E-state index contributed by atoms with van der Waals surface area (Å²) in [5.41, 5.74) is 0.980. The van der Waals surface area contributed by atoms with Gasteiger partial charge in [-0.25, -0.2) is 4.39 Å². The smallest absolute Gasteiger partial charge is 0.251 e. The number of carbonyl (C=O) groups excluding carboxylic acids is 1. The summed E-state index contributed by atoms with van der Waals surface area (Å²) in [7, 11) is 4.01. The predicted octanol–water partition coefficient (Wildman–Crippen LogP) is 2.45. The van der Waals surface area contributed by atoms with Crippen LogP contribution in [0, 0.1) is 18.2 Å². The first-order valence-corrected chi connectivity index (χ1v) is 6.40. The van der Waals surface area contributed by atoms with Crippen LogP contribution in [0.3, 0.4) is 0 Å². The molecule has 0 aliphatic heterocycles. The van der Waals surface area contributed by atoms with Gasteiger partial charge in [0.25, 0.3) is 5.91 Å². The Hall–Kier alpha value is -1.42. The molecule has 0 unspecified atom stereocenters. The first kappa shape index (κ1) is 15.6. The molecular formula is C15H23FN2O. The van der Waals surface area contributed by atoms with E-state index in [1.165, 1.54) is 12.1 Å². The van der Waals surface area contributed by atoms with E-state index < -0.39 is 0 Å². The number of nitrogens with one attached hydrogen (secondary N) is 1. The van der Waals surface area contributed by atoms with Crippen molar-refractivity contribution in [2.45, 2.75) is 20.8 Å². The molecule has 0 saturated heterocycles. The van der Waals surface area contributed by atoms with Crippen LogP contribution in [-0.4, -0.2) is 38.0 Å². The van der Waals surface area contributed by atoms with Crippen LogP contribution in [0.4, 0.5) is 4.39 Å². The molecule has 0 aliphatic carbocycles. The average Bonchev–Trinajstić information content (AvgIpc) is 2.28. The van der Waals surface area contributed by atoms with E-state index in [4.69, 9.17) is 0 Å². The van der Waals surface area contributed by atoms with Crippen molar-refractivity contribution in [1.82, 2.24) is 10.2 Å². The lowest BCUT2D eigenvalue weighted by Crippen LogP contribution is -2.40. The highest BCUT2D eigenvalue weighted by Gasteiger charge is 2.20. The third-order valence-electron chi connectivity index (χ3n) is 2.89. The van der Waals surface area contributed by atoms with Crippen molar-refractivity contribution in [3.8, 4) is 0 Å². The molecule has 0 aliphatic rings. The molecule has 106 valence electrons. The quantitative estimate of drug-likeness (QED) is 0.888. The fraction of sp³-hybridized carbons (Fsp3) is 0.533. The van der Waals surface area contributed by atoms with Gasteiger partial charge in [0.15, 0.2) is 0 Å². The summed E-state index contributed by atoms with van der Waals surface area (Å²) in [5.74, 6) is -0.445. The standard InChI is InChI=1S/C15H23FN2O/c1-11-8-12(6-7-13(11)16)14(19)17-9-15(2,3)10-18(4)5/h6-8H,9-10H2,1-5H3,(H,17,19). The normalized spacial score (nSPS) is 11.7. The van der Waals surface area contributed by atoms with Gasteiger partial charge in [-0.05, 0) is 50.2 Å². The molecule has 0 saturated carbocycles. The van der Waals surface area contributed by atoms with E-state index in [0.29, 0.717) is 17.7 Å². The second kappa shape index (κ2) is 6.15. The third-order valence-corrected chi connectivity index (χ3v) is 2.89. The maximum Gasteiger partial charge on any atom is 0.251 e. The van der Waals surface area contributed by atoms with Crippen LogP contribution in [-0.2, 0) is 0 Å². The number of aryl methyl sites for hydroxylation is 1. The molecule has 0 aromatic heterocycles. The van der Waals surface area contributed by atoms with Crippen molar-refractivity contribution in [2.75, 3.05) is 27.2 Å². The van der Waals surface area contributed by atoms with Gasteiger partial charge in [-0.1, -0.05) is 13.8 Å². The number of benzene rings is 1. The van der Waals surface area contributed by atoms with Gasteiger partial charge in [-0.15, -0.1) is 0 Å². The summed E-state index contributed by atoms with van der Waals surface area (Å²) in [6.45, 7) is 7.32. The number of nitrogens with zero attached hydrogens (tertiary/aromatic N) is 1. The zero-order valence-corrected chi connectivity index (χ0v) is 12.4. The van der Waals surface area contributed by atoms with Gasteiger partial charge in [0.2, 0.25) is 0 Å². The summed E-state index contributed by atoms with van der Waals surface area (Å²) < 4.78 is 13.1. The van der Waals surface area contributed by atoms with E-state index in [9.17, 15) is 9.18 Å². The van der Waals surface area contributed by atoms with Crippen LogP contribution in [0.5, 0.6) is 0 Å². The lowest BCUT2D eigenvalue weighted by molar-refractivity contribution is 0.0929. The molecule has 3 nitrogen and oxygen atoms in total. The number of hydrogen-bond acceptors (Lipinski definition) is 2. The van der Waals surface area contributed by atoms with E-state index in [1.807, 2.05) is 14.1 Å². The summed E-state index contributed by atoms with van der Waals surface area (Å²) >= 11 is 0. The molecule has 1 rings (SSSR count). The van der Waals surface area contributed by atoms with Crippen LogP contribution in [0.25, 0.3) is 0 Å². The second-order valence-corrected chi connectivity index (χ2v) is 6.05. The molecular weight excluding hydrogens is 243 g/mol. The number of rotatable bonds is 5. The Morgan fingerprint density at radius 1 is 1.37 bits per heavy atom. The molecule has 1 amide bonds. The Morgan fingerprint density at radius 3 is 2.53 bits per heavy atom. The molecule has 19 heavy (non-hydrogen) atoms. The fourth-order valence-electron chi connectivity index (χ4n) is 2.12. The minimum atomic E-state index is -0.288. The van der Waals surface area contributed by atoms with Crippen molar-refractivity contribution < 1.29 is 9.18 Å². The SMILES string of the molecule is Cc1cc(C(=O)NCC(C)(C)CN(C)C)ccc1F. The van der Waals surface area contributed by atoms with E-state index in [1.54, 1.807) is 13.0 Å². The average molecular weight is 266 g/mol. The van der Waals surface area contributed by atoms with Gasteiger partial charge in [0.05, 0.1) is 0 Å². The van der Waals surface area contributed by atoms with Gasteiger partial charge < -0.3 is 10.2 Å². The van der Waals surface area contributed by atoms with E-state index in [0.717, 1.165) is 6.54 Å². The third kappa shape index (κ3) is 4.99. The van der Waals surface area contributed by atoms with Crippen molar-refractivity contribution in [2.24, 2.45) is 5.41 Å². The van der Waals surface area contributed by atoms with E-state index in [2.05, 4.69) is 24.1 Å². The summed E-state index contributed by atoms with van der Waals surface area (Å²) in [6.07, 6.45) is 0. The Labute approximate surface area is 114 Å². The highest BCUT2D eigenvalue weighted by atomic mass is 19.1. The maximum atomic E-state index is 13.1. The predicted molar refractivity (Wildman–Crippen MR) is 75.8 cm³/mol. The van der Waals surface area contributed by atoms with E-state index in [-0.39, 0.29) is 17.1 Å². The van der Waals surface area contributed by atoms with Crippen molar-refractivity contribution in [3.05, 3.63) is 35.1 Å². The fourth-order valence-corrected chi connectivity index (χ4v) is 2.12. The minimum Gasteiger partial charge on any atom is -0.351 e. The molecule has 1 aromatic rings. The molecule has 4 heteroatoms. The zero-order chi connectivity index (χ0) is 14.6. The van der Waals surface area contributed by atoms with Crippen molar-refractivity contribution in [3.63, 3.8) is 0 Å². The largest absolute Gasteiger partial charge is 0.351 e. The van der Waals surface area contributed by atoms with Crippen LogP contribution < -0.4 is 5.32 Å². The van der Waals surface area contributed by atoms with Crippen LogP contribution in [0.1, 0.15) is 29.8 Å². The Morgan fingerprint density at radius 2 is 2.00 bits per heavy atom. The van der Waals surface area contributed by atoms with Gasteiger partial charge in [0, 0.05) is 18.7 Å².